The van der Waals surface area contributed by atoms with E-state index in [4.69, 9.17) is 0 Å². The molecule has 0 aromatic carbocycles. The molecule has 1 amide bonds. The van der Waals surface area contributed by atoms with E-state index in [1.165, 1.54) is 11.3 Å². The van der Waals surface area contributed by atoms with Crippen LogP contribution in [0.4, 0.5) is 5.13 Å². The summed E-state index contributed by atoms with van der Waals surface area (Å²) >= 11 is 4.76. The zero-order chi connectivity index (χ0) is 14.0. The number of aryl methyl sites for hydroxylation is 1. The van der Waals surface area contributed by atoms with Crippen molar-refractivity contribution >= 4 is 38.3 Å². The van der Waals surface area contributed by atoms with Crippen LogP contribution < -0.4 is 5.32 Å². The zero-order valence-corrected chi connectivity index (χ0v) is 13.4. The first-order chi connectivity index (χ1) is 8.95. The molecule has 0 saturated heterocycles. The molecule has 1 N–H and O–H groups in total. The van der Waals surface area contributed by atoms with Gasteiger partial charge in [0.25, 0.3) is 5.91 Å². The molecule has 0 radical (unpaired) electrons. The Balaban J connectivity index is 2.07. The van der Waals surface area contributed by atoms with Crippen LogP contribution in [-0.2, 0) is 13.5 Å². The lowest BCUT2D eigenvalue weighted by atomic mass is 10.1. The monoisotopic (exact) mass is 342 g/mol. The number of aromatic nitrogens is 3. The van der Waals surface area contributed by atoms with E-state index in [-0.39, 0.29) is 5.91 Å². The highest BCUT2D eigenvalue weighted by molar-refractivity contribution is 9.10. The summed E-state index contributed by atoms with van der Waals surface area (Å²) in [5, 5.41) is 12.3. The van der Waals surface area contributed by atoms with Crippen molar-refractivity contribution in [2.24, 2.45) is 13.0 Å². The van der Waals surface area contributed by atoms with Crippen LogP contribution in [0, 0.1) is 5.92 Å². The molecule has 5 nitrogen and oxygen atoms in total. The number of hydrogen-bond donors (Lipinski definition) is 1. The minimum absolute atomic E-state index is 0.180. The van der Waals surface area contributed by atoms with Crippen LogP contribution >= 0.6 is 27.3 Å². The number of hydrogen-bond acceptors (Lipinski definition) is 4. The topological polar surface area (TPSA) is 59.8 Å². The summed E-state index contributed by atoms with van der Waals surface area (Å²) in [6, 6.07) is 1.77. The number of carbonyl (C=O) groups excluding carboxylic acids is 1. The number of carbonyl (C=O) groups is 1. The van der Waals surface area contributed by atoms with Gasteiger partial charge in [0.05, 0.1) is 0 Å². The highest BCUT2D eigenvalue weighted by Gasteiger charge is 2.14. The van der Waals surface area contributed by atoms with Gasteiger partial charge < -0.3 is 4.57 Å². The maximum Gasteiger partial charge on any atom is 0.274 e. The highest BCUT2D eigenvalue weighted by atomic mass is 79.9. The average molecular weight is 343 g/mol. The third-order valence-electron chi connectivity index (χ3n) is 2.47. The number of nitrogens with one attached hydrogen (secondary N) is 1. The van der Waals surface area contributed by atoms with Crippen LogP contribution in [-0.4, -0.2) is 20.7 Å². The van der Waals surface area contributed by atoms with Crippen LogP contribution in [0.1, 0.15) is 29.3 Å². The van der Waals surface area contributed by atoms with Crippen LogP contribution in [0.2, 0.25) is 0 Å². The fraction of sp³-hybridized carbons (Fsp3) is 0.417. The summed E-state index contributed by atoms with van der Waals surface area (Å²) in [4.78, 5) is 12.1. The molecule has 0 atom stereocenters. The van der Waals surface area contributed by atoms with Crippen molar-refractivity contribution in [3.8, 4) is 0 Å². The van der Waals surface area contributed by atoms with Gasteiger partial charge in [0, 0.05) is 24.1 Å². The molecular formula is C12H15BrN4OS. The van der Waals surface area contributed by atoms with Gasteiger partial charge in [-0.25, -0.2) is 0 Å². The molecule has 0 aliphatic rings. The lowest BCUT2D eigenvalue weighted by Crippen LogP contribution is -2.15. The Morgan fingerprint density at radius 3 is 2.84 bits per heavy atom. The summed E-state index contributed by atoms with van der Waals surface area (Å²) in [6.07, 6.45) is 2.71. The Hall–Kier alpha value is -1.21. The Morgan fingerprint density at radius 2 is 2.26 bits per heavy atom. The van der Waals surface area contributed by atoms with Crippen molar-refractivity contribution in [2.75, 3.05) is 5.32 Å². The Bertz CT molecular complexity index is 590. The van der Waals surface area contributed by atoms with Crippen LogP contribution in [0.3, 0.4) is 0 Å². The largest absolute Gasteiger partial charge is 0.345 e. The van der Waals surface area contributed by atoms with E-state index in [0.717, 1.165) is 15.9 Å². The summed E-state index contributed by atoms with van der Waals surface area (Å²) < 4.78 is 2.63. The van der Waals surface area contributed by atoms with Crippen LogP contribution in [0.25, 0.3) is 0 Å². The molecular weight excluding hydrogens is 328 g/mol. The van der Waals surface area contributed by atoms with Gasteiger partial charge in [-0.15, -0.1) is 10.2 Å². The van der Waals surface area contributed by atoms with Crippen molar-refractivity contribution in [1.29, 1.82) is 0 Å². The molecule has 0 aliphatic carbocycles. The summed E-state index contributed by atoms with van der Waals surface area (Å²) in [5.41, 5.74) is 0.576. The van der Waals surface area contributed by atoms with Crippen molar-refractivity contribution in [3.05, 3.63) is 27.4 Å². The SMILES string of the molecule is CC(C)Cc1nnc(NC(=O)c2cc(Br)cn2C)s1. The number of halogens is 1. The first-order valence-corrected chi connectivity index (χ1v) is 7.52. The van der Waals surface area contributed by atoms with Gasteiger partial charge >= 0.3 is 0 Å². The quantitative estimate of drug-likeness (QED) is 0.928. The molecule has 0 aliphatic heterocycles. The second-order valence-electron chi connectivity index (χ2n) is 4.71. The normalized spacial score (nSPS) is 11.0. The molecule has 0 spiro atoms. The average Bonchev–Trinajstić information content (AvgIpc) is 2.84. The Kier molecular flexibility index (Phi) is 4.36. The molecule has 0 fully saturated rings. The fourth-order valence-electron chi connectivity index (χ4n) is 1.65. The van der Waals surface area contributed by atoms with E-state index in [1.807, 2.05) is 13.2 Å². The number of amides is 1. The van der Waals surface area contributed by atoms with E-state index < -0.39 is 0 Å². The molecule has 7 heteroatoms. The molecule has 2 heterocycles. The molecule has 102 valence electrons. The van der Waals surface area contributed by atoms with Gasteiger partial charge in [-0.05, 0) is 27.9 Å². The summed E-state index contributed by atoms with van der Waals surface area (Å²) in [6.45, 7) is 4.25. The lowest BCUT2D eigenvalue weighted by Gasteiger charge is -2.01. The van der Waals surface area contributed by atoms with E-state index in [9.17, 15) is 4.79 Å². The van der Waals surface area contributed by atoms with Gasteiger partial charge in [0.2, 0.25) is 5.13 Å². The second-order valence-corrected chi connectivity index (χ2v) is 6.69. The third-order valence-corrected chi connectivity index (χ3v) is 3.77. The van der Waals surface area contributed by atoms with E-state index in [2.05, 4.69) is 45.3 Å². The standard InChI is InChI=1S/C12H15BrN4OS/c1-7(2)4-10-15-16-12(19-10)14-11(18)9-5-8(13)6-17(9)3/h5-7H,4H2,1-3H3,(H,14,16,18). The Labute approximate surface area is 124 Å². The predicted octanol–water partition coefficient (Wildman–Crippen LogP) is 3.09. The predicted molar refractivity (Wildman–Crippen MR) is 79.5 cm³/mol. The molecule has 0 bridgehead atoms. The zero-order valence-electron chi connectivity index (χ0n) is 11.0. The Morgan fingerprint density at radius 1 is 1.53 bits per heavy atom. The molecule has 2 aromatic rings. The highest BCUT2D eigenvalue weighted by Crippen LogP contribution is 2.20. The molecule has 0 saturated carbocycles. The summed E-state index contributed by atoms with van der Waals surface area (Å²) in [5.74, 6) is 0.348. The number of nitrogens with zero attached hydrogens (tertiary/aromatic N) is 3. The van der Waals surface area contributed by atoms with E-state index in [1.54, 1.807) is 10.6 Å². The lowest BCUT2D eigenvalue weighted by molar-refractivity contribution is 0.101. The molecule has 19 heavy (non-hydrogen) atoms. The van der Waals surface area contributed by atoms with E-state index in [0.29, 0.717) is 16.7 Å². The molecule has 2 aromatic heterocycles. The van der Waals surface area contributed by atoms with Gasteiger partial charge in [0.1, 0.15) is 10.7 Å². The van der Waals surface area contributed by atoms with Gasteiger partial charge in [-0.1, -0.05) is 25.2 Å². The van der Waals surface area contributed by atoms with Crippen LogP contribution in [0.5, 0.6) is 0 Å². The fourth-order valence-corrected chi connectivity index (χ4v) is 3.12. The first-order valence-electron chi connectivity index (χ1n) is 5.91. The van der Waals surface area contributed by atoms with Gasteiger partial charge in [0.15, 0.2) is 0 Å². The number of anilines is 1. The number of rotatable bonds is 4. The third kappa shape index (κ3) is 3.63. The van der Waals surface area contributed by atoms with Crippen molar-refractivity contribution in [1.82, 2.24) is 14.8 Å². The van der Waals surface area contributed by atoms with Crippen molar-refractivity contribution in [3.63, 3.8) is 0 Å². The molecule has 2 rings (SSSR count). The maximum atomic E-state index is 12.1. The molecule has 0 unspecified atom stereocenters. The van der Waals surface area contributed by atoms with Crippen molar-refractivity contribution in [2.45, 2.75) is 20.3 Å². The minimum Gasteiger partial charge on any atom is -0.345 e. The van der Waals surface area contributed by atoms with Gasteiger partial charge in [-0.2, -0.15) is 0 Å². The summed E-state index contributed by atoms with van der Waals surface area (Å²) in [7, 11) is 1.82. The first kappa shape index (κ1) is 14.2. The van der Waals surface area contributed by atoms with Crippen LogP contribution in [0.15, 0.2) is 16.7 Å². The smallest absolute Gasteiger partial charge is 0.274 e. The maximum absolute atomic E-state index is 12.1. The van der Waals surface area contributed by atoms with Gasteiger partial charge in [-0.3, -0.25) is 10.1 Å². The van der Waals surface area contributed by atoms with Crippen molar-refractivity contribution < 1.29 is 4.79 Å². The second kappa shape index (κ2) is 5.83. The minimum atomic E-state index is -0.180. The van der Waals surface area contributed by atoms with E-state index >= 15 is 0 Å².